The molecule has 0 radical (unpaired) electrons. The first-order chi connectivity index (χ1) is 12.8. The van der Waals surface area contributed by atoms with E-state index < -0.39 is 0 Å². The molecular formula is C22H24FN3O. The average molecular weight is 365 g/mol. The zero-order valence-electron chi connectivity index (χ0n) is 16.1. The monoisotopic (exact) mass is 365 g/mol. The van der Waals surface area contributed by atoms with Gasteiger partial charge in [-0.1, -0.05) is 26.0 Å². The van der Waals surface area contributed by atoms with E-state index in [4.69, 9.17) is 0 Å². The number of amides is 1. The van der Waals surface area contributed by atoms with Crippen LogP contribution in [0, 0.1) is 19.7 Å². The number of benzene rings is 2. The topological polar surface area (TPSA) is 46.9 Å². The van der Waals surface area contributed by atoms with Crippen molar-refractivity contribution in [2.24, 2.45) is 0 Å². The summed E-state index contributed by atoms with van der Waals surface area (Å²) in [7, 11) is 0. The predicted octanol–water partition coefficient (Wildman–Crippen LogP) is 4.93. The number of rotatable bonds is 5. The molecule has 0 aliphatic rings. The van der Waals surface area contributed by atoms with Crippen molar-refractivity contribution in [2.75, 3.05) is 5.32 Å². The molecule has 3 rings (SSSR count). The third-order valence-corrected chi connectivity index (χ3v) is 4.71. The van der Waals surface area contributed by atoms with E-state index in [1.807, 2.05) is 38.1 Å². The molecule has 1 aromatic heterocycles. The second-order valence-electron chi connectivity index (χ2n) is 7.04. The Hall–Kier alpha value is -2.95. The van der Waals surface area contributed by atoms with Crippen molar-refractivity contribution in [1.82, 2.24) is 9.78 Å². The number of nitrogens with zero attached hydrogens (tertiary/aromatic N) is 2. The van der Waals surface area contributed by atoms with Gasteiger partial charge >= 0.3 is 0 Å². The molecule has 0 aliphatic heterocycles. The van der Waals surface area contributed by atoms with E-state index in [2.05, 4.69) is 24.3 Å². The van der Waals surface area contributed by atoms with Gasteiger partial charge in [-0.2, -0.15) is 5.10 Å². The van der Waals surface area contributed by atoms with E-state index in [9.17, 15) is 9.18 Å². The minimum atomic E-state index is -0.289. The number of anilines is 1. The molecule has 140 valence electrons. The van der Waals surface area contributed by atoms with Gasteiger partial charge in [0.25, 0.3) is 0 Å². The Kier molecular flexibility index (Phi) is 5.40. The van der Waals surface area contributed by atoms with Gasteiger partial charge in [0.15, 0.2) is 0 Å². The normalized spacial score (nSPS) is 11.0. The fourth-order valence-electron chi connectivity index (χ4n) is 3.08. The van der Waals surface area contributed by atoms with E-state index in [-0.39, 0.29) is 18.1 Å². The summed E-state index contributed by atoms with van der Waals surface area (Å²) in [4.78, 5) is 12.5. The molecule has 1 amide bonds. The Morgan fingerprint density at radius 1 is 1.07 bits per heavy atom. The number of carbonyl (C=O) groups is 1. The van der Waals surface area contributed by atoms with Crippen molar-refractivity contribution in [1.29, 1.82) is 0 Å². The van der Waals surface area contributed by atoms with Crippen LogP contribution in [0.3, 0.4) is 0 Å². The van der Waals surface area contributed by atoms with Gasteiger partial charge in [0.2, 0.25) is 5.91 Å². The maximum absolute atomic E-state index is 13.2. The summed E-state index contributed by atoms with van der Waals surface area (Å²) in [6, 6.07) is 14.1. The molecule has 27 heavy (non-hydrogen) atoms. The Balaban J connectivity index is 1.75. The molecule has 0 atom stereocenters. The number of carbonyl (C=O) groups excluding carboxylic acids is 1. The number of aromatic nitrogens is 2. The lowest BCUT2D eigenvalue weighted by Gasteiger charge is -2.09. The van der Waals surface area contributed by atoms with Crippen LogP contribution in [0.1, 0.15) is 42.3 Å². The van der Waals surface area contributed by atoms with Crippen LogP contribution in [0.5, 0.6) is 0 Å². The smallest absolute Gasteiger partial charge is 0.228 e. The summed E-state index contributed by atoms with van der Waals surface area (Å²) in [5, 5.41) is 7.46. The molecule has 0 fully saturated rings. The molecule has 1 N–H and O–H groups in total. The molecule has 0 saturated heterocycles. The summed E-state index contributed by atoms with van der Waals surface area (Å²) in [5.74, 6) is 0.0814. The summed E-state index contributed by atoms with van der Waals surface area (Å²) in [6.07, 6.45) is 0.241. The standard InChI is InChI=1S/C22H24FN3O/c1-14(2)17-5-9-19(10-6-17)24-22(27)13-21-15(3)25-26(16(21)4)20-11-7-18(23)8-12-20/h5-12,14H,13H2,1-4H3,(H,24,27). The zero-order chi connectivity index (χ0) is 19.6. The van der Waals surface area contributed by atoms with Crippen LogP contribution < -0.4 is 5.32 Å². The SMILES string of the molecule is Cc1nn(-c2ccc(F)cc2)c(C)c1CC(=O)Nc1ccc(C(C)C)cc1. The Morgan fingerprint density at radius 3 is 2.30 bits per heavy atom. The number of nitrogens with one attached hydrogen (secondary N) is 1. The maximum atomic E-state index is 13.2. The molecule has 0 unspecified atom stereocenters. The lowest BCUT2D eigenvalue weighted by molar-refractivity contribution is -0.115. The Labute approximate surface area is 159 Å². The Morgan fingerprint density at radius 2 is 1.70 bits per heavy atom. The molecule has 1 heterocycles. The lowest BCUT2D eigenvalue weighted by atomic mass is 10.0. The first kappa shape index (κ1) is 18.8. The summed E-state index contributed by atoms with van der Waals surface area (Å²) in [6.45, 7) is 8.08. The number of aryl methyl sites for hydroxylation is 1. The molecule has 5 heteroatoms. The van der Waals surface area contributed by atoms with Crippen LogP contribution in [0.4, 0.5) is 10.1 Å². The highest BCUT2D eigenvalue weighted by atomic mass is 19.1. The highest BCUT2D eigenvalue weighted by Crippen LogP contribution is 2.20. The molecular weight excluding hydrogens is 341 g/mol. The second kappa shape index (κ2) is 7.74. The van der Waals surface area contributed by atoms with Crippen LogP contribution in [-0.2, 0) is 11.2 Å². The first-order valence-electron chi connectivity index (χ1n) is 9.06. The highest BCUT2D eigenvalue weighted by Gasteiger charge is 2.16. The maximum Gasteiger partial charge on any atom is 0.228 e. The van der Waals surface area contributed by atoms with E-state index in [1.54, 1.807) is 16.8 Å². The van der Waals surface area contributed by atoms with Crippen molar-refractivity contribution in [3.8, 4) is 5.69 Å². The third-order valence-electron chi connectivity index (χ3n) is 4.71. The van der Waals surface area contributed by atoms with E-state index in [0.29, 0.717) is 5.92 Å². The van der Waals surface area contributed by atoms with Crippen molar-refractivity contribution in [3.05, 3.63) is 76.9 Å². The van der Waals surface area contributed by atoms with Crippen molar-refractivity contribution >= 4 is 11.6 Å². The van der Waals surface area contributed by atoms with Gasteiger partial charge in [-0.3, -0.25) is 4.79 Å². The number of halogens is 1. The van der Waals surface area contributed by atoms with Crippen LogP contribution in [0.15, 0.2) is 48.5 Å². The second-order valence-corrected chi connectivity index (χ2v) is 7.04. The molecule has 0 aliphatic carbocycles. The highest BCUT2D eigenvalue weighted by molar-refractivity contribution is 5.92. The summed E-state index contributed by atoms with van der Waals surface area (Å²) < 4.78 is 14.9. The van der Waals surface area contributed by atoms with Gasteiger partial charge in [0, 0.05) is 16.9 Å². The van der Waals surface area contributed by atoms with Gasteiger partial charge in [-0.15, -0.1) is 0 Å². The van der Waals surface area contributed by atoms with Crippen molar-refractivity contribution in [3.63, 3.8) is 0 Å². The van der Waals surface area contributed by atoms with E-state index >= 15 is 0 Å². The minimum Gasteiger partial charge on any atom is -0.326 e. The van der Waals surface area contributed by atoms with Crippen LogP contribution >= 0.6 is 0 Å². The summed E-state index contributed by atoms with van der Waals surface area (Å²) in [5.41, 5.74) is 5.35. The zero-order valence-corrected chi connectivity index (χ0v) is 16.1. The number of hydrogen-bond donors (Lipinski definition) is 1. The summed E-state index contributed by atoms with van der Waals surface area (Å²) >= 11 is 0. The van der Waals surface area contributed by atoms with Gasteiger partial charge in [-0.05, 0) is 61.7 Å². The van der Waals surface area contributed by atoms with Crippen molar-refractivity contribution < 1.29 is 9.18 Å². The first-order valence-corrected chi connectivity index (χ1v) is 9.06. The quantitative estimate of drug-likeness (QED) is 0.697. The Bertz CT molecular complexity index is 941. The molecule has 0 spiro atoms. The minimum absolute atomic E-state index is 0.0860. The van der Waals surface area contributed by atoms with Gasteiger partial charge in [0.1, 0.15) is 5.82 Å². The number of hydrogen-bond acceptors (Lipinski definition) is 2. The molecule has 3 aromatic rings. The molecule has 2 aromatic carbocycles. The fraction of sp³-hybridized carbons (Fsp3) is 0.273. The van der Waals surface area contributed by atoms with Crippen LogP contribution in [0.25, 0.3) is 5.69 Å². The molecule has 0 saturated carbocycles. The third kappa shape index (κ3) is 4.25. The van der Waals surface area contributed by atoms with E-state index in [0.717, 1.165) is 28.3 Å². The lowest BCUT2D eigenvalue weighted by Crippen LogP contribution is -2.15. The fourth-order valence-corrected chi connectivity index (χ4v) is 3.08. The largest absolute Gasteiger partial charge is 0.326 e. The molecule has 4 nitrogen and oxygen atoms in total. The van der Waals surface area contributed by atoms with E-state index in [1.165, 1.54) is 17.7 Å². The van der Waals surface area contributed by atoms with Gasteiger partial charge in [0.05, 0.1) is 17.8 Å². The van der Waals surface area contributed by atoms with Crippen LogP contribution in [0.2, 0.25) is 0 Å². The van der Waals surface area contributed by atoms with Crippen molar-refractivity contribution in [2.45, 2.75) is 40.0 Å². The molecule has 0 bridgehead atoms. The van der Waals surface area contributed by atoms with Crippen LogP contribution in [-0.4, -0.2) is 15.7 Å². The van der Waals surface area contributed by atoms with Gasteiger partial charge in [-0.25, -0.2) is 9.07 Å². The predicted molar refractivity (Wildman–Crippen MR) is 106 cm³/mol. The average Bonchev–Trinajstić information content (AvgIpc) is 2.91. The van der Waals surface area contributed by atoms with Gasteiger partial charge < -0.3 is 5.32 Å².